The van der Waals surface area contributed by atoms with E-state index in [1.165, 1.54) is 12.2 Å². The predicted molar refractivity (Wildman–Crippen MR) is 59.2 cm³/mol. The van der Waals surface area contributed by atoms with Gasteiger partial charge in [0, 0.05) is 7.05 Å². The molecule has 0 saturated heterocycles. The van der Waals surface area contributed by atoms with E-state index in [1.54, 1.807) is 19.2 Å². The van der Waals surface area contributed by atoms with Gasteiger partial charge in [0.2, 0.25) is 0 Å². The summed E-state index contributed by atoms with van der Waals surface area (Å²) in [7, 11) is 3.44. The Hall–Kier alpha value is -0.890. The van der Waals surface area contributed by atoms with E-state index < -0.39 is 0 Å². The molecule has 0 unspecified atom stereocenters. The first-order valence-corrected chi connectivity index (χ1v) is 4.91. The molecule has 0 spiro atoms. The lowest BCUT2D eigenvalue weighted by atomic mass is 10.2. The average Bonchev–Trinajstić information content (AvgIpc) is 2.18. The van der Waals surface area contributed by atoms with E-state index in [9.17, 15) is 0 Å². The molecule has 5 heteroatoms. The van der Waals surface area contributed by atoms with Crippen molar-refractivity contribution in [2.45, 2.75) is 0 Å². The van der Waals surface area contributed by atoms with E-state index in [2.05, 4.69) is 0 Å². The van der Waals surface area contributed by atoms with Gasteiger partial charge in [-0.05, 0) is 18.2 Å². The Morgan fingerprint density at radius 1 is 1.57 bits per heavy atom. The highest BCUT2D eigenvalue weighted by molar-refractivity contribution is 7.96. The molecule has 0 aliphatic heterocycles. The number of nitriles is 1. The van der Waals surface area contributed by atoms with Crippen LogP contribution in [0.2, 0.25) is 5.02 Å². The topological polar surface area (TPSA) is 36.3 Å². The summed E-state index contributed by atoms with van der Waals surface area (Å²) in [6.07, 6.45) is 0. The second kappa shape index (κ2) is 5.11. The van der Waals surface area contributed by atoms with Crippen molar-refractivity contribution in [2.24, 2.45) is 0 Å². The minimum atomic E-state index is 0.452. The SMILES string of the molecule is COSN(C)c1ccc(C#N)c(Cl)c1. The van der Waals surface area contributed by atoms with Crippen LogP contribution in [0, 0.1) is 11.3 Å². The fraction of sp³-hybridized carbons (Fsp3) is 0.222. The van der Waals surface area contributed by atoms with Crippen LogP contribution < -0.4 is 4.31 Å². The molecule has 74 valence electrons. The summed E-state index contributed by atoms with van der Waals surface area (Å²) >= 11 is 7.07. The maximum absolute atomic E-state index is 8.67. The maximum Gasteiger partial charge on any atom is 0.113 e. The second-order valence-electron chi connectivity index (χ2n) is 2.51. The minimum Gasteiger partial charge on any atom is -0.300 e. The van der Waals surface area contributed by atoms with Crippen molar-refractivity contribution in [3.63, 3.8) is 0 Å². The van der Waals surface area contributed by atoms with Crippen molar-refractivity contribution in [2.75, 3.05) is 18.5 Å². The fourth-order valence-electron chi connectivity index (χ4n) is 0.945. The Morgan fingerprint density at radius 3 is 2.79 bits per heavy atom. The summed E-state index contributed by atoms with van der Waals surface area (Å²) < 4.78 is 6.70. The number of benzene rings is 1. The first-order valence-electron chi connectivity index (χ1n) is 3.83. The van der Waals surface area contributed by atoms with Gasteiger partial charge >= 0.3 is 0 Å². The molecule has 0 atom stereocenters. The molecule has 0 fully saturated rings. The van der Waals surface area contributed by atoms with Crippen LogP contribution >= 0.6 is 23.8 Å². The van der Waals surface area contributed by atoms with Gasteiger partial charge in [0.05, 0.1) is 23.4 Å². The van der Waals surface area contributed by atoms with Crippen molar-refractivity contribution in [1.29, 1.82) is 5.26 Å². The van der Waals surface area contributed by atoms with Gasteiger partial charge in [-0.2, -0.15) is 5.26 Å². The Kier molecular flexibility index (Phi) is 4.08. The maximum atomic E-state index is 8.67. The van der Waals surface area contributed by atoms with Gasteiger partial charge in [0.25, 0.3) is 0 Å². The van der Waals surface area contributed by atoms with Crippen LogP contribution in [-0.2, 0) is 4.18 Å². The molecule has 0 aliphatic rings. The lowest BCUT2D eigenvalue weighted by Gasteiger charge is -2.15. The molecule has 0 amide bonds. The molecule has 0 bridgehead atoms. The van der Waals surface area contributed by atoms with Gasteiger partial charge in [0.1, 0.15) is 18.3 Å². The van der Waals surface area contributed by atoms with Crippen LogP contribution in [0.5, 0.6) is 0 Å². The number of nitrogens with zero attached hydrogens (tertiary/aromatic N) is 2. The molecule has 1 rings (SSSR count). The molecule has 14 heavy (non-hydrogen) atoms. The van der Waals surface area contributed by atoms with Gasteiger partial charge in [-0.15, -0.1) is 0 Å². The smallest absolute Gasteiger partial charge is 0.113 e. The van der Waals surface area contributed by atoms with Crippen LogP contribution in [0.1, 0.15) is 5.56 Å². The van der Waals surface area contributed by atoms with Crippen molar-refractivity contribution in [1.82, 2.24) is 0 Å². The van der Waals surface area contributed by atoms with E-state index in [4.69, 9.17) is 21.0 Å². The standard InChI is InChI=1S/C9H9ClN2OS/c1-12(14-13-2)8-4-3-7(6-11)9(10)5-8/h3-5H,1-2H3. The van der Waals surface area contributed by atoms with Crippen LogP contribution in [0.25, 0.3) is 0 Å². The highest BCUT2D eigenvalue weighted by Gasteiger charge is 2.05. The van der Waals surface area contributed by atoms with Gasteiger partial charge in [-0.3, -0.25) is 4.31 Å². The predicted octanol–water partition coefficient (Wildman–Crippen LogP) is 2.86. The number of hydrogen-bond acceptors (Lipinski definition) is 4. The third-order valence-corrected chi connectivity index (χ3v) is 2.52. The second-order valence-corrected chi connectivity index (χ2v) is 3.95. The molecular weight excluding hydrogens is 220 g/mol. The third-order valence-electron chi connectivity index (χ3n) is 1.62. The van der Waals surface area contributed by atoms with Crippen molar-refractivity contribution in [3.05, 3.63) is 28.8 Å². The van der Waals surface area contributed by atoms with Crippen molar-refractivity contribution in [3.8, 4) is 6.07 Å². The molecule has 0 saturated carbocycles. The summed E-state index contributed by atoms with van der Waals surface area (Å²) in [6.45, 7) is 0. The van der Waals surface area contributed by atoms with E-state index in [0.29, 0.717) is 10.6 Å². The van der Waals surface area contributed by atoms with Crippen molar-refractivity contribution >= 4 is 29.5 Å². The highest BCUT2D eigenvalue weighted by atomic mass is 35.5. The lowest BCUT2D eigenvalue weighted by Crippen LogP contribution is -2.06. The Balaban J connectivity index is 2.92. The minimum absolute atomic E-state index is 0.452. The molecule has 0 aliphatic carbocycles. The molecule has 3 nitrogen and oxygen atoms in total. The normalized spacial score (nSPS) is 9.57. The molecule has 0 N–H and O–H groups in total. The van der Waals surface area contributed by atoms with Crippen LogP contribution in [-0.4, -0.2) is 14.2 Å². The molecule has 0 aromatic heterocycles. The summed E-state index contributed by atoms with van der Waals surface area (Å²) in [5, 5.41) is 9.13. The molecule has 0 heterocycles. The molecular formula is C9H9ClN2OS. The summed E-state index contributed by atoms with van der Waals surface area (Å²) in [5.74, 6) is 0. The summed E-state index contributed by atoms with van der Waals surface area (Å²) in [5.41, 5.74) is 1.37. The zero-order valence-electron chi connectivity index (χ0n) is 7.82. The third kappa shape index (κ3) is 2.55. The Labute approximate surface area is 92.6 Å². The summed E-state index contributed by atoms with van der Waals surface area (Å²) in [4.78, 5) is 0. The molecule has 1 aromatic carbocycles. The Bertz CT molecular complexity index is 364. The molecule has 0 radical (unpaired) electrons. The van der Waals surface area contributed by atoms with Gasteiger partial charge < -0.3 is 4.18 Å². The average molecular weight is 229 g/mol. The lowest BCUT2D eigenvalue weighted by molar-refractivity contribution is 0.489. The Morgan fingerprint density at radius 2 is 2.29 bits per heavy atom. The van der Waals surface area contributed by atoms with Crippen molar-refractivity contribution < 1.29 is 4.18 Å². The number of anilines is 1. The van der Waals surface area contributed by atoms with Gasteiger partial charge in [-0.1, -0.05) is 11.6 Å². The fourth-order valence-corrected chi connectivity index (χ4v) is 1.59. The number of halogens is 1. The first-order chi connectivity index (χ1) is 6.69. The van der Waals surface area contributed by atoms with E-state index in [0.717, 1.165) is 5.69 Å². The van der Waals surface area contributed by atoms with Crippen LogP contribution in [0.15, 0.2) is 18.2 Å². The molecule has 1 aromatic rings. The first kappa shape index (κ1) is 11.2. The van der Waals surface area contributed by atoms with E-state index in [-0.39, 0.29) is 0 Å². The van der Waals surface area contributed by atoms with Gasteiger partial charge in [-0.25, -0.2) is 0 Å². The van der Waals surface area contributed by atoms with Crippen LogP contribution in [0.3, 0.4) is 0 Å². The van der Waals surface area contributed by atoms with Crippen LogP contribution in [0.4, 0.5) is 5.69 Å². The van der Waals surface area contributed by atoms with Gasteiger partial charge in [0.15, 0.2) is 0 Å². The monoisotopic (exact) mass is 228 g/mol. The number of rotatable bonds is 3. The quantitative estimate of drug-likeness (QED) is 0.589. The van der Waals surface area contributed by atoms with E-state index in [1.807, 2.05) is 23.5 Å². The zero-order valence-corrected chi connectivity index (χ0v) is 9.39. The summed E-state index contributed by atoms with van der Waals surface area (Å²) in [6, 6.07) is 7.23. The number of hydrogen-bond donors (Lipinski definition) is 0. The zero-order chi connectivity index (χ0) is 10.6. The largest absolute Gasteiger partial charge is 0.300 e. The van der Waals surface area contributed by atoms with E-state index >= 15 is 0 Å². The highest BCUT2D eigenvalue weighted by Crippen LogP contribution is 2.26.